The lowest BCUT2D eigenvalue weighted by Crippen LogP contribution is -2.27. The number of fused-ring (bicyclic) bond motifs is 1. The number of imidazole rings is 1. The molecule has 2 aromatic heterocycles. The Morgan fingerprint density at radius 1 is 1.29 bits per heavy atom. The monoisotopic (exact) mass is 327 g/mol. The van der Waals surface area contributed by atoms with Crippen molar-refractivity contribution >= 4 is 35.1 Å². The van der Waals surface area contributed by atoms with Gasteiger partial charge in [-0.15, -0.1) is 0 Å². The number of H-pyrrole nitrogens is 1. The summed E-state index contributed by atoms with van der Waals surface area (Å²) in [7, 11) is 3.39. The summed E-state index contributed by atoms with van der Waals surface area (Å²) in [6.07, 6.45) is 0. The molecule has 2 rings (SSSR count). The molecule has 0 aromatic carbocycles. The predicted octanol–water partition coefficient (Wildman–Crippen LogP) is 1.76. The second-order valence-electron chi connectivity index (χ2n) is 4.82. The van der Waals surface area contributed by atoms with Gasteiger partial charge in [-0.2, -0.15) is 0 Å². The molecule has 116 valence electrons. The number of nitrogens with one attached hydrogen (secondary N) is 1. The molecular weight excluding hydrogens is 306 g/mol. The maximum atomic E-state index is 12.0. The fourth-order valence-electron chi connectivity index (χ4n) is 2.18. The lowest BCUT2D eigenvalue weighted by Gasteiger charge is -2.16. The van der Waals surface area contributed by atoms with E-state index in [1.165, 1.54) is 9.13 Å². The Labute approximate surface area is 133 Å². The SMILES string of the molecule is CCN(CC)CCSc1nc2c([nH]1)c(=S)n(C)c(=O)n2C. The first kappa shape index (κ1) is 16.3. The minimum Gasteiger partial charge on any atom is -0.329 e. The van der Waals surface area contributed by atoms with Gasteiger partial charge in [0.15, 0.2) is 10.8 Å². The van der Waals surface area contributed by atoms with Gasteiger partial charge in [-0.05, 0) is 13.1 Å². The molecule has 8 heteroatoms. The van der Waals surface area contributed by atoms with Gasteiger partial charge >= 0.3 is 5.69 Å². The van der Waals surface area contributed by atoms with E-state index in [9.17, 15) is 4.79 Å². The minimum atomic E-state index is -0.154. The molecule has 6 nitrogen and oxygen atoms in total. The van der Waals surface area contributed by atoms with Crippen molar-refractivity contribution in [3.05, 3.63) is 15.1 Å². The van der Waals surface area contributed by atoms with Crippen LogP contribution in [-0.4, -0.2) is 49.4 Å². The zero-order valence-corrected chi connectivity index (χ0v) is 14.5. The highest BCUT2D eigenvalue weighted by Crippen LogP contribution is 2.19. The number of hydrogen-bond donors (Lipinski definition) is 1. The number of aromatic amines is 1. The Morgan fingerprint density at radius 2 is 1.95 bits per heavy atom. The average molecular weight is 327 g/mol. The summed E-state index contributed by atoms with van der Waals surface area (Å²) < 4.78 is 3.48. The first-order valence-electron chi connectivity index (χ1n) is 7.00. The van der Waals surface area contributed by atoms with E-state index in [-0.39, 0.29) is 5.69 Å². The fraction of sp³-hybridized carbons (Fsp3) is 0.615. The van der Waals surface area contributed by atoms with Crippen LogP contribution >= 0.6 is 24.0 Å². The smallest absolute Gasteiger partial charge is 0.329 e. The number of aromatic nitrogens is 4. The molecule has 0 atom stereocenters. The molecule has 0 bridgehead atoms. The number of nitrogens with zero attached hydrogens (tertiary/aromatic N) is 4. The summed E-state index contributed by atoms with van der Waals surface area (Å²) in [5.74, 6) is 0.953. The Balaban J connectivity index is 2.24. The van der Waals surface area contributed by atoms with Crippen molar-refractivity contribution < 1.29 is 0 Å². The summed E-state index contributed by atoms with van der Waals surface area (Å²) in [6, 6.07) is 0. The summed E-state index contributed by atoms with van der Waals surface area (Å²) in [6.45, 7) is 7.45. The number of rotatable bonds is 6. The van der Waals surface area contributed by atoms with Crippen molar-refractivity contribution in [3.63, 3.8) is 0 Å². The summed E-state index contributed by atoms with van der Waals surface area (Å²) in [5, 5.41) is 0.810. The van der Waals surface area contributed by atoms with Gasteiger partial charge < -0.3 is 9.88 Å². The van der Waals surface area contributed by atoms with E-state index in [1.807, 2.05) is 0 Å². The van der Waals surface area contributed by atoms with Crippen LogP contribution in [0.15, 0.2) is 9.95 Å². The van der Waals surface area contributed by atoms with Gasteiger partial charge in [0.25, 0.3) is 0 Å². The second-order valence-corrected chi connectivity index (χ2v) is 6.29. The van der Waals surface area contributed by atoms with Crippen LogP contribution in [0.1, 0.15) is 13.8 Å². The van der Waals surface area contributed by atoms with E-state index in [0.717, 1.165) is 36.1 Å². The molecule has 0 aliphatic carbocycles. The highest BCUT2D eigenvalue weighted by Gasteiger charge is 2.11. The largest absolute Gasteiger partial charge is 0.330 e. The van der Waals surface area contributed by atoms with Gasteiger partial charge in [0.2, 0.25) is 0 Å². The molecule has 0 aliphatic heterocycles. The Bertz CT molecular complexity index is 741. The molecule has 0 fully saturated rings. The molecule has 0 radical (unpaired) electrons. The maximum absolute atomic E-state index is 12.0. The van der Waals surface area contributed by atoms with E-state index < -0.39 is 0 Å². The van der Waals surface area contributed by atoms with Gasteiger partial charge in [-0.25, -0.2) is 9.78 Å². The van der Waals surface area contributed by atoms with Crippen molar-refractivity contribution in [3.8, 4) is 0 Å². The Morgan fingerprint density at radius 3 is 2.57 bits per heavy atom. The average Bonchev–Trinajstić information content (AvgIpc) is 2.92. The molecule has 0 saturated carbocycles. The topological polar surface area (TPSA) is 58.9 Å². The van der Waals surface area contributed by atoms with Crippen molar-refractivity contribution in [1.29, 1.82) is 0 Å². The van der Waals surface area contributed by atoms with Gasteiger partial charge in [0.05, 0.1) is 0 Å². The van der Waals surface area contributed by atoms with Crippen molar-refractivity contribution in [2.24, 2.45) is 14.1 Å². The maximum Gasteiger partial charge on any atom is 0.330 e. The molecule has 2 aromatic rings. The molecule has 0 unspecified atom stereocenters. The molecule has 0 spiro atoms. The van der Waals surface area contributed by atoms with E-state index in [4.69, 9.17) is 12.2 Å². The third kappa shape index (κ3) is 3.22. The van der Waals surface area contributed by atoms with Crippen LogP contribution in [0.3, 0.4) is 0 Å². The molecule has 2 heterocycles. The standard InChI is InChI=1S/C13H21N5OS2/c1-5-18(6-2)7-8-21-12-14-9-10(15-12)16(3)13(19)17(4)11(9)20/h5-8H2,1-4H3,(H,14,15). The van der Waals surface area contributed by atoms with Gasteiger partial charge in [0, 0.05) is 26.4 Å². The lowest BCUT2D eigenvalue weighted by molar-refractivity contribution is 0.324. The van der Waals surface area contributed by atoms with Crippen LogP contribution in [0.25, 0.3) is 11.2 Å². The van der Waals surface area contributed by atoms with Crippen molar-refractivity contribution in [2.45, 2.75) is 19.0 Å². The van der Waals surface area contributed by atoms with Crippen LogP contribution in [0.2, 0.25) is 0 Å². The second kappa shape index (κ2) is 6.76. The van der Waals surface area contributed by atoms with Crippen molar-refractivity contribution in [2.75, 3.05) is 25.4 Å². The Hall–Kier alpha value is -1.12. The van der Waals surface area contributed by atoms with Gasteiger partial charge in [0.1, 0.15) is 10.2 Å². The van der Waals surface area contributed by atoms with E-state index in [0.29, 0.717) is 10.3 Å². The van der Waals surface area contributed by atoms with Crippen LogP contribution in [0.5, 0.6) is 0 Å². The molecule has 1 N–H and O–H groups in total. The van der Waals surface area contributed by atoms with Gasteiger partial charge in [-0.1, -0.05) is 37.8 Å². The normalized spacial score (nSPS) is 11.7. The number of aryl methyl sites for hydroxylation is 1. The van der Waals surface area contributed by atoms with Crippen molar-refractivity contribution in [1.82, 2.24) is 24.0 Å². The molecule has 0 amide bonds. The third-order valence-corrected chi connectivity index (χ3v) is 4.95. The van der Waals surface area contributed by atoms with Crippen LogP contribution in [-0.2, 0) is 14.1 Å². The first-order chi connectivity index (χ1) is 9.99. The summed E-state index contributed by atoms with van der Waals surface area (Å²) in [5.41, 5.74) is 1.21. The van der Waals surface area contributed by atoms with Gasteiger partial charge in [-0.3, -0.25) is 9.13 Å². The quantitative estimate of drug-likeness (QED) is 0.647. The van der Waals surface area contributed by atoms with Crippen LogP contribution in [0, 0.1) is 4.64 Å². The highest BCUT2D eigenvalue weighted by atomic mass is 32.2. The zero-order valence-electron chi connectivity index (χ0n) is 12.8. The molecule has 0 aliphatic rings. The van der Waals surface area contributed by atoms with Crippen LogP contribution < -0.4 is 5.69 Å². The summed E-state index contributed by atoms with van der Waals surface area (Å²) in [4.78, 5) is 22.1. The summed E-state index contributed by atoms with van der Waals surface area (Å²) >= 11 is 6.96. The number of hydrogen-bond acceptors (Lipinski definition) is 5. The highest BCUT2D eigenvalue weighted by molar-refractivity contribution is 7.99. The van der Waals surface area contributed by atoms with E-state index >= 15 is 0 Å². The molecular formula is C13H21N5OS2. The first-order valence-corrected chi connectivity index (χ1v) is 8.39. The van der Waals surface area contributed by atoms with Crippen LogP contribution in [0.4, 0.5) is 0 Å². The Kier molecular flexibility index (Phi) is 5.23. The fourth-order valence-corrected chi connectivity index (χ4v) is 3.27. The van der Waals surface area contributed by atoms with E-state index in [2.05, 4.69) is 28.7 Å². The minimum absolute atomic E-state index is 0.154. The number of thioether (sulfide) groups is 1. The lowest BCUT2D eigenvalue weighted by atomic mass is 10.5. The van der Waals surface area contributed by atoms with E-state index in [1.54, 1.807) is 25.9 Å². The zero-order chi connectivity index (χ0) is 15.6. The molecule has 0 saturated heterocycles. The molecule has 21 heavy (non-hydrogen) atoms. The third-order valence-electron chi connectivity index (χ3n) is 3.61. The predicted molar refractivity (Wildman–Crippen MR) is 89.7 cm³/mol.